The number of nitrogens with one attached hydrogen (secondary N) is 1. The van der Waals surface area contributed by atoms with Crippen LogP contribution in [0.15, 0.2) is 42.6 Å². The van der Waals surface area contributed by atoms with Crippen LogP contribution >= 0.6 is 0 Å². The third-order valence-corrected chi connectivity index (χ3v) is 5.49. The van der Waals surface area contributed by atoms with Gasteiger partial charge in [0, 0.05) is 39.3 Å². The Hall–Kier alpha value is -3.69. The lowest BCUT2D eigenvalue weighted by molar-refractivity contribution is -0.119. The Labute approximate surface area is 184 Å². The number of hydrogen-bond donors (Lipinski definition) is 1. The van der Waals surface area contributed by atoms with Crippen LogP contribution in [0, 0.1) is 5.82 Å². The topological polar surface area (TPSA) is 95.1 Å². The van der Waals surface area contributed by atoms with Gasteiger partial charge in [-0.05, 0) is 30.3 Å². The van der Waals surface area contributed by atoms with Crippen LogP contribution in [0.3, 0.4) is 0 Å². The lowest BCUT2D eigenvalue weighted by atomic mass is 10.2. The van der Waals surface area contributed by atoms with Gasteiger partial charge in [-0.3, -0.25) is 19.5 Å². The number of piperazine rings is 1. The summed E-state index contributed by atoms with van der Waals surface area (Å²) in [6, 6.07) is 9.82. The van der Waals surface area contributed by atoms with E-state index in [0.717, 1.165) is 0 Å². The molecule has 10 heteroatoms. The van der Waals surface area contributed by atoms with Crippen LogP contribution < -0.4 is 15.1 Å². The van der Waals surface area contributed by atoms with Crippen LogP contribution in [-0.4, -0.2) is 73.2 Å². The van der Waals surface area contributed by atoms with Gasteiger partial charge >= 0.3 is 6.09 Å². The molecule has 3 amide bonds. The van der Waals surface area contributed by atoms with Crippen LogP contribution in [0.5, 0.6) is 0 Å². The first kappa shape index (κ1) is 21.5. The van der Waals surface area contributed by atoms with Gasteiger partial charge in [0.2, 0.25) is 5.91 Å². The predicted octanol–water partition coefficient (Wildman–Crippen LogP) is 1.64. The van der Waals surface area contributed by atoms with Crippen molar-refractivity contribution >= 4 is 29.3 Å². The SMILES string of the molecule is CC(=O)NCC1CN(c2ccc(N3CCN(C(=O)c4ccccn4)CC3)c(F)c2)C(=O)O1. The van der Waals surface area contributed by atoms with Crippen molar-refractivity contribution in [2.75, 3.05) is 49.1 Å². The fourth-order valence-corrected chi connectivity index (χ4v) is 3.82. The highest BCUT2D eigenvalue weighted by atomic mass is 19.1. The summed E-state index contributed by atoms with van der Waals surface area (Å²) in [6.07, 6.45) is 0.520. The molecule has 2 saturated heterocycles. The van der Waals surface area contributed by atoms with Gasteiger partial charge in [-0.15, -0.1) is 0 Å². The van der Waals surface area contributed by atoms with Crippen LogP contribution in [0.25, 0.3) is 0 Å². The van der Waals surface area contributed by atoms with Gasteiger partial charge in [-0.1, -0.05) is 6.07 Å². The number of amides is 3. The first-order valence-electron chi connectivity index (χ1n) is 10.4. The van der Waals surface area contributed by atoms with Crippen LogP contribution in [-0.2, 0) is 9.53 Å². The number of halogens is 1. The molecule has 0 bridgehead atoms. The number of cyclic esters (lactones) is 1. The molecule has 0 radical (unpaired) electrons. The quantitative estimate of drug-likeness (QED) is 0.758. The van der Waals surface area contributed by atoms with Crippen LogP contribution in [0.4, 0.5) is 20.6 Å². The van der Waals surface area contributed by atoms with Crippen molar-refractivity contribution < 1.29 is 23.5 Å². The highest BCUT2D eigenvalue weighted by molar-refractivity contribution is 5.92. The smallest absolute Gasteiger partial charge is 0.414 e. The molecule has 0 saturated carbocycles. The zero-order valence-corrected chi connectivity index (χ0v) is 17.7. The Morgan fingerprint density at radius 3 is 2.62 bits per heavy atom. The van der Waals surface area contributed by atoms with E-state index in [4.69, 9.17) is 4.74 Å². The Kier molecular flexibility index (Phi) is 6.20. The van der Waals surface area contributed by atoms with Gasteiger partial charge in [0.05, 0.1) is 24.5 Å². The summed E-state index contributed by atoms with van der Waals surface area (Å²) in [7, 11) is 0. The molecule has 2 aliphatic rings. The number of pyridine rings is 1. The number of nitrogens with zero attached hydrogens (tertiary/aromatic N) is 4. The zero-order valence-electron chi connectivity index (χ0n) is 17.7. The minimum absolute atomic E-state index is 0.137. The molecule has 2 aliphatic heterocycles. The van der Waals surface area contributed by atoms with Crippen molar-refractivity contribution in [3.8, 4) is 0 Å². The molecule has 9 nitrogen and oxygen atoms in total. The molecule has 1 aromatic heterocycles. The van der Waals surface area contributed by atoms with Gasteiger partial charge < -0.3 is 19.9 Å². The summed E-state index contributed by atoms with van der Waals surface area (Å²) in [6.45, 7) is 3.71. The van der Waals surface area contributed by atoms with E-state index < -0.39 is 18.0 Å². The van der Waals surface area contributed by atoms with E-state index in [2.05, 4.69) is 10.3 Å². The number of anilines is 2. The Balaban J connectivity index is 1.37. The fraction of sp³-hybridized carbons (Fsp3) is 0.364. The van der Waals surface area contributed by atoms with E-state index in [-0.39, 0.29) is 24.9 Å². The first-order chi connectivity index (χ1) is 15.4. The molecular formula is C22H24FN5O4. The molecule has 4 rings (SSSR count). The summed E-state index contributed by atoms with van der Waals surface area (Å²) in [5.41, 5.74) is 1.21. The van der Waals surface area contributed by atoms with Crippen molar-refractivity contribution in [3.63, 3.8) is 0 Å². The largest absolute Gasteiger partial charge is 0.442 e. The number of benzene rings is 1. The molecule has 168 valence electrons. The lowest BCUT2D eigenvalue weighted by Gasteiger charge is -2.36. The van der Waals surface area contributed by atoms with Crippen molar-refractivity contribution in [3.05, 3.63) is 54.1 Å². The third-order valence-electron chi connectivity index (χ3n) is 5.49. The van der Waals surface area contributed by atoms with Gasteiger partial charge in [-0.2, -0.15) is 0 Å². The van der Waals surface area contributed by atoms with Gasteiger partial charge in [-0.25, -0.2) is 9.18 Å². The average Bonchev–Trinajstić information content (AvgIpc) is 3.18. The van der Waals surface area contributed by atoms with E-state index in [1.54, 1.807) is 41.4 Å². The Bertz CT molecular complexity index is 1010. The van der Waals surface area contributed by atoms with E-state index in [1.165, 1.54) is 17.9 Å². The summed E-state index contributed by atoms with van der Waals surface area (Å²) in [5, 5.41) is 2.61. The summed E-state index contributed by atoms with van der Waals surface area (Å²) < 4.78 is 20.2. The zero-order chi connectivity index (χ0) is 22.7. The first-order valence-corrected chi connectivity index (χ1v) is 10.4. The van der Waals surface area contributed by atoms with Gasteiger partial charge in [0.1, 0.15) is 17.6 Å². The number of aromatic nitrogens is 1. The van der Waals surface area contributed by atoms with E-state index in [9.17, 15) is 18.8 Å². The van der Waals surface area contributed by atoms with Crippen LogP contribution in [0.1, 0.15) is 17.4 Å². The maximum absolute atomic E-state index is 14.9. The summed E-state index contributed by atoms with van der Waals surface area (Å²) >= 11 is 0. The molecule has 3 heterocycles. The highest BCUT2D eigenvalue weighted by Crippen LogP contribution is 2.28. The summed E-state index contributed by atoms with van der Waals surface area (Å²) in [5.74, 6) is -0.802. The van der Waals surface area contributed by atoms with Gasteiger partial charge in [0.15, 0.2) is 0 Å². The minimum atomic E-state index is -0.575. The summed E-state index contributed by atoms with van der Waals surface area (Å²) in [4.78, 5) is 44.8. The van der Waals surface area contributed by atoms with E-state index in [0.29, 0.717) is 43.2 Å². The second kappa shape index (κ2) is 9.21. The Morgan fingerprint density at radius 2 is 1.97 bits per heavy atom. The van der Waals surface area contributed by atoms with Crippen molar-refractivity contribution in [2.45, 2.75) is 13.0 Å². The van der Waals surface area contributed by atoms with E-state index in [1.807, 2.05) is 4.90 Å². The number of carbonyl (C=O) groups is 3. The molecule has 1 N–H and O–H groups in total. The second-order valence-electron chi connectivity index (χ2n) is 7.68. The number of rotatable bonds is 5. The molecule has 1 unspecified atom stereocenters. The molecule has 32 heavy (non-hydrogen) atoms. The standard InChI is InChI=1S/C22H24FN5O4/c1-15(29)25-13-17-14-28(22(31)32-17)16-5-6-20(18(23)12-16)26-8-10-27(11-9-26)21(30)19-4-2-3-7-24-19/h2-7,12,17H,8-11,13-14H2,1H3,(H,25,29). The molecule has 2 fully saturated rings. The molecule has 0 spiro atoms. The van der Waals surface area contributed by atoms with Gasteiger partial charge in [0.25, 0.3) is 5.91 Å². The maximum atomic E-state index is 14.9. The number of hydrogen-bond acceptors (Lipinski definition) is 6. The Morgan fingerprint density at radius 1 is 1.19 bits per heavy atom. The maximum Gasteiger partial charge on any atom is 0.414 e. The predicted molar refractivity (Wildman–Crippen MR) is 115 cm³/mol. The third kappa shape index (κ3) is 4.63. The van der Waals surface area contributed by atoms with Crippen molar-refractivity contribution in [1.29, 1.82) is 0 Å². The van der Waals surface area contributed by atoms with Crippen LogP contribution in [0.2, 0.25) is 0 Å². The normalized spacial score (nSPS) is 18.5. The highest BCUT2D eigenvalue weighted by Gasteiger charge is 2.33. The van der Waals surface area contributed by atoms with Crippen molar-refractivity contribution in [1.82, 2.24) is 15.2 Å². The number of ether oxygens (including phenoxy) is 1. The van der Waals surface area contributed by atoms with Crippen molar-refractivity contribution in [2.24, 2.45) is 0 Å². The molecule has 0 aliphatic carbocycles. The second-order valence-corrected chi connectivity index (χ2v) is 7.68. The molecular weight excluding hydrogens is 417 g/mol. The average molecular weight is 441 g/mol. The minimum Gasteiger partial charge on any atom is -0.442 e. The number of carbonyl (C=O) groups excluding carboxylic acids is 3. The van der Waals surface area contributed by atoms with E-state index >= 15 is 0 Å². The monoisotopic (exact) mass is 441 g/mol. The molecule has 2 aromatic rings. The fourth-order valence-electron chi connectivity index (χ4n) is 3.82. The lowest BCUT2D eigenvalue weighted by Crippen LogP contribution is -2.49. The molecule has 1 aromatic carbocycles. The molecule has 1 atom stereocenters.